The maximum atomic E-state index is 14.7. The van der Waals surface area contributed by atoms with Gasteiger partial charge in [0.05, 0.1) is 12.2 Å². The number of benzene rings is 4. The molecule has 2 heterocycles. The summed E-state index contributed by atoms with van der Waals surface area (Å²) in [4.78, 5) is 4.00. The molecule has 1 aliphatic heterocycles. The summed E-state index contributed by atoms with van der Waals surface area (Å²) in [7, 11) is 0. The summed E-state index contributed by atoms with van der Waals surface area (Å²) in [5.74, 6) is -0.584. The molecule has 1 aromatic heterocycles. The molecule has 1 unspecified atom stereocenters. The molecule has 0 aliphatic carbocycles. The van der Waals surface area contributed by atoms with Crippen LogP contribution >= 0.6 is 0 Å². The lowest BCUT2D eigenvalue weighted by Gasteiger charge is -2.24. The Labute approximate surface area is 237 Å². The minimum atomic E-state index is -0.593. The van der Waals surface area contributed by atoms with Gasteiger partial charge < -0.3 is 15.5 Å². The summed E-state index contributed by atoms with van der Waals surface area (Å²) in [5, 5.41) is 9.73. The van der Waals surface area contributed by atoms with E-state index in [-0.39, 0.29) is 5.92 Å². The van der Waals surface area contributed by atoms with Crippen molar-refractivity contribution >= 4 is 11.4 Å². The second kappa shape index (κ2) is 12.2. The summed E-state index contributed by atoms with van der Waals surface area (Å²) in [6, 6.07) is 28.2. The van der Waals surface area contributed by atoms with Gasteiger partial charge in [0.1, 0.15) is 36.6 Å². The average molecular weight is 553 g/mol. The zero-order chi connectivity index (χ0) is 28.0. The Hall–Kier alpha value is -4.76. The van der Waals surface area contributed by atoms with Gasteiger partial charge in [0.15, 0.2) is 0 Å². The first-order valence-electron chi connectivity index (χ1n) is 13.5. The first-order valence-corrected chi connectivity index (χ1v) is 13.5. The molecule has 0 saturated carbocycles. The minimum absolute atomic E-state index is 0.267. The molecule has 0 bridgehead atoms. The van der Waals surface area contributed by atoms with Crippen LogP contribution in [0.5, 0.6) is 5.75 Å². The van der Waals surface area contributed by atoms with Crippen molar-refractivity contribution < 1.29 is 13.5 Å². The minimum Gasteiger partial charge on any atom is -0.489 e. The molecular formula is C32H30F2N6O. The number of hydrazine groups is 1. The van der Waals surface area contributed by atoms with Gasteiger partial charge in [0.2, 0.25) is 0 Å². The van der Waals surface area contributed by atoms with Gasteiger partial charge in [-0.25, -0.2) is 18.8 Å². The van der Waals surface area contributed by atoms with Crippen molar-refractivity contribution in [2.45, 2.75) is 32.2 Å². The predicted octanol–water partition coefficient (Wildman–Crippen LogP) is 6.37. The van der Waals surface area contributed by atoms with E-state index in [0.717, 1.165) is 39.9 Å². The molecule has 6 rings (SSSR count). The fourth-order valence-corrected chi connectivity index (χ4v) is 5.02. The second-order valence-corrected chi connectivity index (χ2v) is 10.1. The number of hydrogen-bond acceptors (Lipinski definition) is 6. The monoisotopic (exact) mass is 552 g/mol. The molecule has 0 amide bonds. The number of halogens is 2. The molecule has 4 aromatic carbocycles. The third kappa shape index (κ3) is 6.70. The molecular weight excluding hydrogens is 522 g/mol. The van der Waals surface area contributed by atoms with Crippen molar-refractivity contribution in [3.05, 3.63) is 138 Å². The highest BCUT2D eigenvalue weighted by atomic mass is 19.1. The summed E-state index contributed by atoms with van der Waals surface area (Å²) in [6.07, 6.45) is 3.05. The molecule has 0 fully saturated rings. The van der Waals surface area contributed by atoms with Crippen molar-refractivity contribution in [2.24, 2.45) is 0 Å². The highest BCUT2D eigenvalue weighted by Crippen LogP contribution is 2.31. The SMILES string of the molecule is Fc1ccc(C(CN2Cc3cc(NCc4ccc(OCc5ccccc5)cc4)ccc3N2)Cn2cncn2)c(F)c1. The normalized spacial score (nSPS) is 13.4. The summed E-state index contributed by atoms with van der Waals surface area (Å²) < 4.78 is 35.9. The Morgan fingerprint density at radius 2 is 1.76 bits per heavy atom. The molecule has 7 nitrogen and oxygen atoms in total. The predicted molar refractivity (Wildman–Crippen MR) is 154 cm³/mol. The number of aromatic nitrogens is 3. The van der Waals surface area contributed by atoms with E-state index in [2.05, 4.69) is 39.0 Å². The van der Waals surface area contributed by atoms with Crippen molar-refractivity contribution in [2.75, 3.05) is 17.3 Å². The molecule has 9 heteroatoms. The van der Waals surface area contributed by atoms with Crippen LogP contribution in [0.4, 0.5) is 20.2 Å². The van der Waals surface area contributed by atoms with Crippen molar-refractivity contribution in [3.63, 3.8) is 0 Å². The highest BCUT2D eigenvalue weighted by Gasteiger charge is 2.25. The number of ether oxygens (including phenoxy) is 1. The van der Waals surface area contributed by atoms with Gasteiger partial charge in [0.25, 0.3) is 0 Å². The van der Waals surface area contributed by atoms with Crippen LogP contribution in [0.3, 0.4) is 0 Å². The molecule has 0 spiro atoms. The van der Waals surface area contributed by atoms with Crippen molar-refractivity contribution in [1.29, 1.82) is 0 Å². The van der Waals surface area contributed by atoms with Crippen LogP contribution in [-0.2, 0) is 26.2 Å². The second-order valence-electron chi connectivity index (χ2n) is 10.1. The molecule has 1 aliphatic rings. The van der Waals surface area contributed by atoms with Crippen LogP contribution in [-0.4, -0.2) is 26.3 Å². The first-order chi connectivity index (χ1) is 20.1. The summed E-state index contributed by atoms with van der Waals surface area (Å²) >= 11 is 0. The van der Waals surface area contributed by atoms with E-state index in [1.54, 1.807) is 11.0 Å². The van der Waals surface area contributed by atoms with E-state index in [9.17, 15) is 8.78 Å². The van der Waals surface area contributed by atoms with Crippen LogP contribution in [0.1, 0.15) is 28.2 Å². The molecule has 1 atom stereocenters. The zero-order valence-electron chi connectivity index (χ0n) is 22.4. The number of rotatable bonds is 11. The zero-order valence-corrected chi connectivity index (χ0v) is 22.4. The van der Waals surface area contributed by atoms with Gasteiger partial charge in [-0.05, 0) is 58.7 Å². The Morgan fingerprint density at radius 1 is 0.902 bits per heavy atom. The van der Waals surface area contributed by atoms with E-state index in [1.807, 2.05) is 59.6 Å². The van der Waals surface area contributed by atoms with E-state index in [4.69, 9.17) is 4.74 Å². The van der Waals surface area contributed by atoms with Gasteiger partial charge in [-0.1, -0.05) is 48.5 Å². The molecule has 5 aromatic rings. The van der Waals surface area contributed by atoms with Gasteiger partial charge in [-0.2, -0.15) is 5.10 Å². The van der Waals surface area contributed by atoms with Crippen LogP contribution in [0, 0.1) is 11.6 Å². The number of hydrogen-bond donors (Lipinski definition) is 2. The Morgan fingerprint density at radius 3 is 2.54 bits per heavy atom. The lowest BCUT2D eigenvalue weighted by Crippen LogP contribution is -2.31. The summed E-state index contributed by atoms with van der Waals surface area (Å²) in [5.41, 5.74) is 9.31. The van der Waals surface area contributed by atoms with Crippen LogP contribution in [0.15, 0.2) is 104 Å². The Balaban J connectivity index is 1.06. The first kappa shape index (κ1) is 26.5. The third-order valence-corrected chi connectivity index (χ3v) is 7.13. The molecule has 2 N–H and O–H groups in total. The molecule has 208 valence electrons. The maximum Gasteiger partial charge on any atom is 0.137 e. The smallest absolute Gasteiger partial charge is 0.137 e. The average Bonchev–Trinajstić information content (AvgIpc) is 3.65. The standard InChI is InChI=1S/C32H30F2N6O/c33-27-8-12-30(31(34)15-27)26(19-40-22-35-21-37-40)18-39-17-25-14-28(9-13-32(25)38-39)36-16-23-6-10-29(11-7-23)41-20-24-4-2-1-3-5-24/h1-15,21-22,26,36,38H,16-20H2. The van der Waals surface area contributed by atoms with E-state index in [0.29, 0.717) is 38.3 Å². The fourth-order valence-electron chi connectivity index (χ4n) is 5.02. The number of nitrogens with one attached hydrogen (secondary N) is 2. The number of nitrogens with zero attached hydrogens (tertiary/aromatic N) is 4. The Kier molecular flexibility index (Phi) is 7.86. The van der Waals surface area contributed by atoms with Gasteiger partial charge >= 0.3 is 0 Å². The highest BCUT2D eigenvalue weighted by molar-refractivity contribution is 5.61. The van der Waals surface area contributed by atoms with E-state index < -0.39 is 11.6 Å². The lowest BCUT2D eigenvalue weighted by atomic mass is 9.98. The lowest BCUT2D eigenvalue weighted by molar-refractivity contribution is 0.296. The van der Waals surface area contributed by atoms with Gasteiger partial charge in [-0.3, -0.25) is 4.68 Å². The third-order valence-electron chi connectivity index (χ3n) is 7.13. The molecule has 0 radical (unpaired) electrons. The van der Waals surface area contributed by atoms with Gasteiger partial charge in [0, 0.05) is 37.3 Å². The van der Waals surface area contributed by atoms with Gasteiger partial charge in [-0.15, -0.1) is 0 Å². The Bertz CT molecular complexity index is 1580. The van der Waals surface area contributed by atoms with Crippen molar-refractivity contribution in [1.82, 2.24) is 19.8 Å². The van der Waals surface area contributed by atoms with E-state index in [1.165, 1.54) is 18.5 Å². The number of fused-ring (bicyclic) bond motifs is 1. The summed E-state index contributed by atoms with van der Waals surface area (Å²) in [6.45, 7) is 2.78. The largest absolute Gasteiger partial charge is 0.489 e. The molecule has 41 heavy (non-hydrogen) atoms. The molecule has 0 saturated heterocycles. The van der Waals surface area contributed by atoms with E-state index >= 15 is 0 Å². The van der Waals surface area contributed by atoms with Crippen LogP contribution in [0.2, 0.25) is 0 Å². The van der Waals surface area contributed by atoms with Crippen LogP contribution in [0.25, 0.3) is 0 Å². The van der Waals surface area contributed by atoms with Crippen molar-refractivity contribution in [3.8, 4) is 5.75 Å². The quantitative estimate of drug-likeness (QED) is 0.198. The topological polar surface area (TPSA) is 67.2 Å². The fraction of sp³-hybridized carbons (Fsp3) is 0.188. The number of anilines is 2. The van der Waals surface area contributed by atoms with Crippen LogP contribution < -0.4 is 15.5 Å². The maximum absolute atomic E-state index is 14.7.